The molecule has 0 aliphatic carbocycles. The van der Waals surface area contributed by atoms with Crippen molar-refractivity contribution in [2.24, 2.45) is 0 Å². The van der Waals surface area contributed by atoms with E-state index in [1.54, 1.807) is 23.1 Å². The highest BCUT2D eigenvalue weighted by Crippen LogP contribution is 2.47. The number of unbranched alkanes of at least 4 members (excludes halogenated alkanes) is 1. The van der Waals surface area contributed by atoms with Crippen LogP contribution < -0.4 is 14.2 Å². The quantitative estimate of drug-likeness (QED) is 0.411. The molecule has 1 aliphatic heterocycles. The molecule has 1 aliphatic rings. The first-order valence-corrected chi connectivity index (χ1v) is 12.7. The normalized spacial score (nSPS) is 13.9. The van der Waals surface area contributed by atoms with Gasteiger partial charge in [0.25, 0.3) is 5.91 Å². The highest BCUT2D eigenvalue weighted by Gasteiger charge is 2.32. The predicted octanol–water partition coefficient (Wildman–Crippen LogP) is 5.20. The second kappa shape index (κ2) is 11.9. The SMILES string of the molecule is CCCCc1nc(O)c(C(=O)N2CCC(Oc3ccccc3)CC2)c(O)c1-c1c(OC)cccc1OC. The predicted molar refractivity (Wildman–Crippen MR) is 141 cm³/mol. The molecule has 4 rings (SSSR count). The summed E-state index contributed by atoms with van der Waals surface area (Å²) in [5, 5.41) is 22.3. The number of methoxy groups -OCH3 is 2. The largest absolute Gasteiger partial charge is 0.506 e. The van der Waals surface area contributed by atoms with Gasteiger partial charge in [0.05, 0.1) is 31.0 Å². The van der Waals surface area contributed by atoms with E-state index in [-0.39, 0.29) is 17.4 Å². The van der Waals surface area contributed by atoms with Crippen molar-refractivity contribution >= 4 is 5.91 Å². The van der Waals surface area contributed by atoms with Gasteiger partial charge >= 0.3 is 0 Å². The number of benzene rings is 2. The Morgan fingerprint density at radius 1 is 0.973 bits per heavy atom. The number of carbonyl (C=O) groups excluding carboxylic acids is 1. The number of nitrogens with zero attached hydrogens (tertiary/aromatic N) is 2. The summed E-state index contributed by atoms with van der Waals surface area (Å²) in [5.41, 5.74) is 1.09. The van der Waals surface area contributed by atoms with E-state index < -0.39 is 11.8 Å². The molecule has 1 aromatic heterocycles. The summed E-state index contributed by atoms with van der Waals surface area (Å²) in [6, 6.07) is 14.9. The van der Waals surface area contributed by atoms with Crippen LogP contribution in [0.5, 0.6) is 28.9 Å². The highest BCUT2D eigenvalue weighted by atomic mass is 16.5. The molecule has 37 heavy (non-hydrogen) atoms. The number of aromatic nitrogens is 1. The Balaban J connectivity index is 1.67. The Bertz CT molecular complexity index is 1200. The van der Waals surface area contributed by atoms with Crippen molar-refractivity contribution in [3.05, 3.63) is 59.8 Å². The van der Waals surface area contributed by atoms with Crippen LogP contribution in [0.25, 0.3) is 11.1 Å². The van der Waals surface area contributed by atoms with Crippen LogP contribution in [0, 0.1) is 0 Å². The molecular formula is C29H34N2O6. The van der Waals surface area contributed by atoms with Crippen LogP contribution in [-0.4, -0.2) is 59.4 Å². The fourth-order valence-corrected chi connectivity index (χ4v) is 4.72. The first kappa shape index (κ1) is 26.1. The van der Waals surface area contributed by atoms with Crippen LogP contribution in [0.1, 0.15) is 48.7 Å². The molecule has 8 heteroatoms. The second-order valence-electron chi connectivity index (χ2n) is 9.04. The lowest BCUT2D eigenvalue weighted by molar-refractivity contribution is 0.0589. The Kier molecular flexibility index (Phi) is 8.38. The molecule has 0 atom stereocenters. The van der Waals surface area contributed by atoms with Gasteiger partial charge < -0.3 is 29.3 Å². The second-order valence-corrected chi connectivity index (χ2v) is 9.04. The number of carbonyl (C=O) groups is 1. The Labute approximate surface area is 217 Å². The number of likely N-dealkylation sites (tertiary alicyclic amines) is 1. The fourth-order valence-electron chi connectivity index (χ4n) is 4.72. The first-order valence-electron chi connectivity index (χ1n) is 12.7. The van der Waals surface area contributed by atoms with Gasteiger partial charge in [0.15, 0.2) is 0 Å². The van der Waals surface area contributed by atoms with Crippen LogP contribution in [-0.2, 0) is 6.42 Å². The van der Waals surface area contributed by atoms with Crippen molar-refractivity contribution in [1.29, 1.82) is 0 Å². The zero-order chi connectivity index (χ0) is 26.4. The minimum atomic E-state index is -0.478. The van der Waals surface area contributed by atoms with Crippen molar-refractivity contribution in [3.8, 4) is 40.0 Å². The molecule has 0 saturated carbocycles. The van der Waals surface area contributed by atoms with Crippen molar-refractivity contribution in [1.82, 2.24) is 9.88 Å². The van der Waals surface area contributed by atoms with Gasteiger partial charge in [0.2, 0.25) is 5.88 Å². The van der Waals surface area contributed by atoms with Gasteiger partial charge in [-0.2, -0.15) is 0 Å². The van der Waals surface area contributed by atoms with E-state index in [0.717, 1.165) is 18.6 Å². The lowest BCUT2D eigenvalue weighted by Gasteiger charge is -2.32. The van der Waals surface area contributed by atoms with E-state index in [9.17, 15) is 15.0 Å². The van der Waals surface area contributed by atoms with E-state index in [1.165, 1.54) is 14.2 Å². The molecule has 2 aromatic carbocycles. The molecule has 0 spiro atoms. The van der Waals surface area contributed by atoms with Gasteiger partial charge in [-0.25, -0.2) is 4.98 Å². The molecule has 0 bridgehead atoms. The van der Waals surface area contributed by atoms with E-state index in [2.05, 4.69) is 4.98 Å². The van der Waals surface area contributed by atoms with Crippen LogP contribution in [0.2, 0.25) is 0 Å². The number of amides is 1. The van der Waals surface area contributed by atoms with E-state index in [4.69, 9.17) is 14.2 Å². The summed E-state index contributed by atoms with van der Waals surface area (Å²) in [5.74, 6) is 0.458. The maximum atomic E-state index is 13.6. The molecule has 1 fully saturated rings. The lowest BCUT2D eigenvalue weighted by atomic mass is 9.95. The van der Waals surface area contributed by atoms with Gasteiger partial charge in [-0.1, -0.05) is 37.6 Å². The van der Waals surface area contributed by atoms with Crippen LogP contribution in [0.15, 0.2) is 48.5 Å². The highest BCUT2D eigenvalue weighted by molar-refractivity contribution is 6.02. The van der Waals surface area contributed by atoms with E-state index in [0.29, 0.717) is 60.7 Å². The average Bonchev–Trinajstić information content (AvgIpc) is 2.92. The van der Waals surface area contributed by atoms with E-state index in [1.807, 2.05) is 37.3 Å². The van der Waals surface area contributed by atoms with Crippen LogP contribution >= 0.6 is 0 Å². The fraction of sp³-hybridized carbons (Fsp3) is 0.379. The summed E-state index contributed by atoms with van der Waals surface area (Å²) in [6.07, 6.45) is 3.45. The zero-order valence-corrected chi connectivity index (χ0v) is 21.6. The van der Waals surface area contributed by atoms with Crippen molar-refractivity contribution < 1.29 is 29.2 Å². The van der Waals surface area contributed by atoms with Crippen LogP contribution in [0.3, 0.4) is 0 Å². The van der Waals surface area contributed by atoms with Crippen molar-refractivity contribution in [3.63, 3.8) is 0 Å². The number of piperidine rings is 1. The average molecular weight is 507 g/mol. The summed E-state index contributed by atoms with van der Waals surface area (Å²) < 4.78 is 17.2. The molecule has 0 unspecified atom stereocenters. The molecule has 3 aromatic rings. The first-order chi connectivity index (χ1) is 18.0. The van der Waals surface area contributed by atoms with E-state index >= 15 is 0 Å². The number of para-hydroxylation sites is 1. The molecule has 8 nitrogen and oxygen atoms in total. The third-order valence-corrected chi connectivity index (χ3v) is 6.66. The molecule has 196 valence electrons. The van der Waals surface area contributed by atoms with Gasteiger partial charge in [0, 0.05) is 25.9 Å². The Morgan fingerprint density at radius 2 is 1.62 bits per heavy atom. The molecular weight excluding hydrogens is 472 g/mol. The maximum absolute atomic E-state index is 13.6. The number of hydrogen-bond acceptors (Lipinski definition) is 7. The van der Waals surface area contributed by atoms with Crippen molar-refractivity contribution in [2.75, 3.05) is 27.3 Å². The minimum Gasteiger partial charge on any atom is -0.506 e. The van der Waals surface area contributed by atoms with Crippen molar-refractivity contribution in [2.45, 2.75) is 45.1 Å². The molecule has 0 radical (unpaired) electrons. The standard InChI is InChI=1S/C29H34N2O6/c1-4-5-12-21-24(25-22(35-2)13-9-14-23(25)36-3)27(32)26(28(33)30-21)29(34)31-17-15-20(16-18-31)37-19-10-7-6-8-11-19/h6-11,13-14,20H,4-5,12,15-18H2,1-3H3,(H2,30,32,33). The zero-order valence-electron chi connectivity index (χ0n) is 21.6. The summed E-state index contributed by atoms with van der Waals surface area (Å²) in [4.78, 5) is 19.6. The molecule has 2 heterocycles. The lowest BCUT2D eigenvalue weighted by Crippen LogP contribution is -2.42. The number of rotatable bonds is 9. The number of aromatic hydroxyl groups is 2. The number of hydrogen-bond donors (Lipinski definition) is 2. The summed E-state index contributed by atoms with van der Waals surface area (Å²) >= 11 is 0. The number of ether oxygens (including phenoxy) is 3. The number of aryl methyl sites for hydroxylation is 1. The third kappa shape index (κ3) is 5.58. The van der Waals surface area contributed by atoms with Crippen LogP contribution in [0.4, 0.5) is 0 Å². The summed E-state index contributed by atoms with van der Waals surface area (Å²) in [7, 11) is 3.06. The minimum absolute atomic E-state index is 0.0170. The Morgan fingerprint density at radius 3 is 2.22 bits per heavy atom. The molecule has 1 saturated heterocycles. The monoisotopic (exact) mass is 506 g/mol. The molecule has 2 N–H and O–H groups in total. The van der Waals surface area contributed by atoms with Gasteiger partial charge in [-0.05, 0) is 37.1 Å². The summed E-state index contributed by atoms with van der Waals surface area (Å²) in [6.45, 7) is 2.91. The molecule has 1 amide bonds. The Hall–Kier alpha value is -3.94. The smallest absolute Gasteiger partial charge is 0.263 e. The number of pyridine rings is 1. The van der Waals surface area contributed by atoms with Gasteiger partial charge in [-0.3, -0.25) is 4.79 Å². The topological polar surface area (TPSA) is 101 Å². The van der Waals surface area contributed by atoms with Gasteiger partial charge in [0.1, 0.15) is 34.7 Å². The van der Waals surface area contributed by atoms with Gasteiger partial charge in [-0.15, -0.1) is 0 Å². The maximum Gasteiger partial charge on any atom is 0.263 e. The third-order valence-electron chi connectivity index (χ3n) is 6.66.